The average Bonchev–Trinajstić information content (AvgIpc) is 2.78. The van der Waals surface area contributed by atoms with Gasteiger partial charge in [0.1, 0.15) is 11.5 Å². The number of phenols is 1. The molecule has 30 heavy (non-hydrogen) atoms. The van der Waals surface area contributed by atoms with E-state index in [0.717, 1.165) is 65.7 Å². The van der Waals surface area contributed by atoms with Crippen LogP contribution in [0.4, 0.5) is 5.69 Å². The second-order valence-electron chi connectivity index (χ2n) is 8.50. The third-order valence-corrected chi connectivity index (χ3v) is 6.47. The van der Waals surface area contributed by atoms with Crippen molar-refractivity contribution in [3.05, 3.63) is 70.9 Å². The molecule has 2 aliphatic rings. The first-order valence-electron chi connectivity index (χ1n) is 10.9. The molecule has 1 aromatic heterocycles. The third-order valence-electron chi connectivity index (χ3n) is 6.47. The number of benzene rings is 2. The van der Waals surface area contributed by atoms with Crippen LogP contribution in [0, 0.1) is 0 Å². The van der Waals surface area contributed by atoms with Gasteiger partial charge in [0, 0.05) is 22.4 Å². The normalized spacial score (nSPS) is 18.7. The fraction of sp³-hybridized carbons (Fsp3) is 0.346. The van der Waals surface area contributed by atoms with Crippen LogP contribution in [-0.4, -0.2) is 16.8 Å². The Morgan fingerprint density at radius 2 is 2.10 bits per heavy atom. The van der Waals surface area contributed by atoms with Gasteiger partial charge in [0.15, 0.2) is 6.73 Å². The van der Waals surface area contributed by atoms with Gasteiger partial charge in [0.2, 0.25) is 0 Å². The molecular formula is C26H28N2O2. The lowest BCUT2D eigenvalue weighted by atomic mass is 9.83. The van der Waals surface area contributed by atoms with E-state index in [1.807, 2.05) is 30.5 Å². The smallest absolute Gasteiger partial charge is 0.161 e. The van der Waals surface area contributed by atoms with Crippen LogP contribution in [0.2, 0.25) is 0 Å². The number of para-hydroxylation sites is 1. The number of aryl methyl sites for hydroxylation is 1. The Labute approximate surface area is 177 Å². The maximum atomic E-state index is 10.9. The number of allylic oxidation sites excluding steroid dienone is 2. The van der Waals surface area contributed by atoms with Crippen LogP contribution in [0.3, 0.4) is 0 Å². The number of nitrogens with zero attached hydrogens (tertiary/aromatic N) is 2. The third kappa shape index (κ3) is 3.30. The van der Waals surface area contributed by atoms with E-state index in [1.54, 1.807) is 0 Å². The summed E-state index contributed by atoms with van der Waals surface area (Å²) >= 11 is 0. The van der Waals surface area contributed by atoms with Crippen LogP contribution in [0.15, 0.2) is 54.2 Å². The van der Waals surface area contributed by atoms with Crippen molar-refractivity contribution in [1.82, 2.24) is 4.98 Å². The molecule has 1 unspecified atom stereocenters. The number of pyridine rings is 1. The Hall–Kier alpha value is -3.01. The number of hydrogen-bond donors (Lipinski definition) is 1. The van der Waals surface area contributed by atoms with E-state index in [-0.39, 0.29) is 5.92 Å². The van der Waals surface area contributed by atoms with Gasteiger partial charge >= 0.3 is 0 Å². The molecule has 4 heteroatoms. The largest absolute Gasteiger partial charge is 0.507 e. The highest BCUT2D eigenvalue weighted by atomic mass is 16.5. The van der Waals surface area contributed by atoms with Gasteiger partial charge in [0.05, 0.1) is 23.9 Å². The number of phenolic OH excluding ortho intramolecular Hbond substituents is 1. The highest BCUT2D eigenvalue weighted by Crippen LogP contribution is 2.46. The molecule has 0 amide bonds. The Balaban J connectivity index is 1.55. The van der Waals surface area contributed by atoms with Crippen molar-refractivity contribution in [1.29, 1.82) is 0 Å². The second-order valence-corrected chi connectivity index (χ2v) is 8.50. The number of aromatic nitrogens is 1. The van der Waals surface area contributed by atoms with E-state index in [9.17, 15) is 5.11 Å². The minimum absolute atomic E-state index is 0.229. The molecular weight excluding hydrogens is 372 g/mol. The lowest BCUT2D eigenvalue weighted by Crippen LogP contribution is -2.33. The predicted molar refractivity (Wildman–Crippen MR) is 121 cm³/mol. The van der Waals surface area contributed by atoms with Crippen molar-refractivity contribution < 1.29 is 9.84 Å². The quantitative estimate of drug-likeness (QED) is 0.542. The first kappa shape index (κ1) is 19.0. The van der Waals surface area contributed by atoms with Gasteiger partial charge in [-0.15, -0.1) is 0 Å². The number of hydrogen-bond acceptors (Lipinski definition) is 4. The number of rotatable bonds is 3. The van der Waals surface area contributed by atoms with Crippen molar-refractivity contribution in [2.75, 3.05) is 11.6 Å². The van der Waals surface area contributed by atoms with Crippen molar-refractivity contribution in [2.45, 2.75) is 52.0 Å². The lowest BCUT2D eigenvalue weighted by molar-refractivity contribution is 0.281. The minimum Gasteiger partial charge on any atom is -0.507 e. The first-order chi connectivity index (χ1) is 14.6. The Morgan fingerprint density at radius 1 is 1.23 bits per heavy atom. The lowest BCUT2D eigenvalue weighted by Gasteiger charge is -2.35. The van der Waals surface area contributed by atoms with E-state index < -0.39 is 0 Å². The van der Waals surface area contributed by atoms with Gasteiger partial charge in [-0.3, -0.25) is 4.98 Å². The topological polar surface area (TPSA) is 45.6 Å². The van der Waals surface area contributed by atoms with E-state index in [0.29, 0.717) is 12.5 Å². The summed E-state index contributed by atoms with van der Waals surface area (Å²) in [6.45, 7) is 5.55. The summed E-state index contributed by atoms with van der Waals surface area (Å²) in [4.78, 5) is 6.85. The van der Waals surface area contributed by atoms with Crippen molar-refractivity contribution in [3.63, 3.8) is 0 Å². The minimum atomic E-state index is 0.229. The van der Waals surface area contributed by atoms with Crippen LogP contribution >= 0.6 is 0 Å². The fourth-order valence-electron chi connectivity index (χ4n) is 4.88. The summed E-state index contributed by atoms with van der Waals surface area (Å²) in [6, 6.07) is 12.3. The van der Waals surface area contributed by atoms with Gasteiger partial charge < -0.3 is 14.7 Å². The predicted octanol–water partition coefficient (Wildman–Crippen LogP) is 6.07. The van der Waals surface area contributed by atoms with Crippen LogP contribution in [-0.2, 0) is 13.0 Å². The summed E-state index contributed by atoms with van der Waals surface area (Å²) < 4.78 is 6.35. The van der Waals surface area contributed by atoms with Crippen LogP contribution in [0.5, 0.6) is 11.5 Å². The van der Waals surface area contributed by atoms with Crippen molar-refractivity contribution in [2.24, 2.45) is 0 Å². The van der Waals surface area contributed by atoms with Crippen LogP contribution in [0.25, 0.3) is 10.9 Å². The van der Waals surface area contributed by atoms with E-state index >= 15 is 0 Å². The molecule has 0 radical (unpaired) electrons. The molecule has 1 N–H and O–H groups in total. The summed E-state index contributed by atoms with van der Waals surface area (Å²) in [7, 11) is 0. The maximum Gasteiger partial charge on any atom is 0.161 e. The fourth-order valence-corrected chi connectivity index (χ4v) is 4.88. The van der Waals surface area contributed by atoms with Gasteiger partial charge in [-0.2, -0.15) is 0 Å². The van der Waals surface area contributed by atoms with Crippen molar-refractivity contribution in [3.8, 4) is 11.5 Å². The monoisotopic (exact) mass is 400 g/mol. The number of ether oxygens (including phenoxy) is 1. The van der Waals surface area contributed by atoms with Gasteiger partial charge in [-0.05, 0) is 56.4 Å². The second kappa shape index (κ2) is 7.67. The Kier molecular flexibility index (Phi) is 4.86. The zero-order valence-electron chi connectivity index (χ0n) is 17.7. The zero-order chi connectivity index (χ0) is 20.7. The SMILES string of the molecule is CCc1cc(O)c(C2C=C(C)CCC2)c2c1CN(c1cnc3ccccc3c1)CO2. The van der Waals surface area contributed by atoms with Gasteiger partial charge in [0.25, 0.3) is 0 Å². The van der Waals surface area contributed by atoms with E-state index in [4.69, 9.17) is 4.74 Å². The summed E-state index contributed by atoms with van der Waals surface area (Å²) in [5, 5.41) is 12.0. The zero-order valence-corrected chi connectivity index (χ0v) is 17.7. The molecule has 0 saturated carbocycles. The first-order valence-corrected chi connectivity index (χ1v) is 10.9. The molecule has 1 aliphatic carbocycles. The van der Waals surface area contributed by atoms with Crippen LogP contribution in [0.1, 0.15) is 55.7 Å². The number of aromatic hydroxyl groups is 1. The highest BCUT2D eigenvalue weighted by Gasteiger charge is 2.29. The molecule has 2 aromatic carbocycles. The Bertz CT molecular complexity index is 1140. The summed E-state index contributed by atoms with van der Waals surface area (Å²) in [5.74, 6) is 1.50. The molecule has 0 bridgehead atoms. The number of fused-ring (bicyclic) bond motifs is 2. The summed E-state index contributed by atoms with van der Waals surface area (Å²) in [6.07, 6.45) is 8.47. The molecule has 5 rings (SSSR count). The summed E-state index contributed by atoms with van der Waals surface area (Å²) in [5.41, 5.74) is 6.78. The van der Waals surface area contributed by atoms with E-state index in [1.165, 1.54) is 11.1 Å². The molecule has 4 nitrogen and oxygen atoms in total. The van der Waals surface area contributed by atoms with E-state index in [2.05, 4.69) is 41.9 Å². The highest BCUT2D eigenvalue weighted by molar-refractivity contribution is 5.81. The average molecular weight is 401 g/mol. The molecule has 3 aromatic rings. The molecule has 0 spiro atoms. The molecule has 1 atom stereocenters. The van der Waals surface area contributed by atoms with Crippen molar-refractivity contribution >= 4 is 16.6 Å². The molecule has 1 aliphatic heterocycles. The maximum absolute atomic E-state index is 10.9. The number of anilines is 1. The molecule has 2 heterocycles. The molecule has 0 fully saturated rings. The molecule has 154 valence electrons. The Morgan fingerprint density at radius 3 is 2.93 bits per heavy atom. The van der Waals surface area contributed by atoms with Crippen LogP contribution < -0.4 is 9.64 Å². The van der Waals surface area contributed by atoms with Gasteiger partial charge in [-0.25, -0.2) is 0 Å². The standard InChI is InChI=1S/C26H28N2O2/c1-3-18-13-24(29)25(20-9-6-7-17(2)11-20)26-22(18)15-28(16-30-26)21-12-19-8-4-5-10-23(19)27-14-21/h4-5,8,10-14,20,29H,3,6-7,9,15-16H2,1-2H3. The molecule has 0 saturated heterocycles. The van der Waals surface area contributed by atoms with Gasteiger partial charge in [-0.1, -0.05) is 36.8 Å².